The van der Waals surface area contributed by atoms with Crippen LogP contribution in [0.5, 0.6) is 0 Å². The highest BCUT2D eigenvalue weighted by Crippen LogP contribution is 2.30. The molecule has 1 unspecified atom stereocenters. The Balaban J connectivity index is 1.73. The van der Waals surface area contributed by atoms with Crippen molar-refractivity contribution in [3.05, 3.63) is 82.6 Å². The number of benzene rings is 2. The van der Waals surface area contributed by atoms with Gasteiger partial charge in [-0.3, -0.25) is 4.79 Å². The standard InChI is InChI=1S/C27H32ClN3O2/c1-5-33-15-14-21(8-6-20-7-9-23(16-18(20)2)27(32)29-4)19(3)25-17-30-26(31-25)22-10-12-24(28)13-11-22/h7,9-13,16-17,21H,3,5-6,8,14-15H2,1-2,4H3,(H,29,32)(H,30,31). The van der Waals surface area contributed by atoms with Gasteiger partial charge in [0.2, 0.25) is 0 Å². The lowest BCUT2D eigenvalue weighted by molar-refractivity contribution is 0.0963. The number of carbonyl (C=O) groups excluding carboxylic acids is 1. The molecule has 0 spiro atoms. The Bertz CT molecular complexity index is 1090. The van der Waals surface area contributed by atoms with E-state index in [1.54, 1.807) is 7.05 Å². The number of nitrogens with zero attached hydrogens (tertiary/aromatic N) is 1. The maximum Gasteiger partial charge on any atom is 0.251 e. The van der Waals surface area contributed by atoms with Gasteiger partial charge in [-0.1, -0.05) is 24.2 Å². The van der Waals surface area contributed by atoms with Gasteiger partial charge in [0.25, 0.3) is 5.91 Å². The lowest BCUT2D eigenvalue weighted by Gasteiger charge is -2.19. The lowest BCUT2D eigenvalue weighted by atomic mass is 9.88. The van der Waals surface area contributed by atoms with Crippen molar-refractivity contribution in [3.8, 4) is 11.4 Å². The Kier molecular flexibility index (Phi) is 8.87. The number of allylic oxidation sites excluding steroid dienone is 1. The predicted molar refractivity (Wildman–Crippen MR) is 136 cm³/mol. The second-order valence-electron chi connectivity index (χ2n) is 8.12. The minimum absolute atomic E-state index is 0.0663. The van der Waals surface area contributed by atoms with Crippen LogP contribution in [-0.4, -0.2) is 36.1 Å². The molecule has 0 radical (unpaired) electrons. The summed E-state index contributed by atoms with van der Waals surface area (Å²) in [6.07, 6.45) is 4.57. The van der Waals surface area contributed by atoms with Crippen molar-refractivity contribution < 1.29 is 9.53 Å². The first-order valence-electron chi connectivity index (χ1n) is 11.3. The van der Waals surface area contributed by atoms with Crippen molar-refractivity contribution >= 4 is 23.1 Å². The molecule has 0 aliphatic rings. The van der Waals surface area contributed by atoms with Crippen molar-refractivity contribution in [2.75, 3.05) is 20.3 Å². The van der Waals surface area contributed by atoms with Crippen molar-refractivity contribution in [1.82, 2.24) is 15.3 Å². The summed E-state index contributed by atoms with van der Waals surface area (Å²) in [6, 6.07) is 13.5. The van der Waals surface area contributed by atoms with Gasteiger partial charge in [0.15, 0.2) is 0 Å². The molecule has 1 atom stereocenters. The molecule has 0 fully saturated rings. The van der Waals surface area contributed by atoms with E-state index in [1.165, 1.54) is 5.56 Å². The molecule has 2 N–H and O–H groups in total. The molecule has 0 aliphatic carbocycles. The fourth-order valence-corrected chi connectivity index (χ4v) is 4.04. The zero-order valence-electron chi connectivity index (χ0n) is 19.6. The van der Waals surface area contributed by atoms with Gasteiger partial charge >= 0.3 is 0 Å². The molecule has 6 heteroatoms. The molecule has 0 aliphatic heterocycles. The van der Waals surface area contributed by atoms with E-state index in [2.05, 4.69) is 34.9 Å². The van der Waals surface area contributed by atoms with Crippen LogP contribution < -0.4 is 5.32 Å². The van der Waals surface area contributed by atoms with Crippen molar-refractivity contribution in [1.29, 1.82) is 0 Å². The highest BCUT2D eigenvalue weighted by molar-refractivity contribution is 6.30. The van der Waals surface area contributed by atoms with Crippen LogP contribution in [0.4, 0.5) is 0 Å². The van der Waals surface area contributed by atoms with Gasteiger partial charge in [-0.15, -0.1) is 0 Å². The van der Waals surface area contributed by atoms with Crippen LogP contribution in [0, 0.1) is 12.8 Å². The van der Waals surface area contributed by atoms with Gasteiger partial charge < -0.3 is 15.0 Å². The third-order valence-corrected chi connectivity index (χ3v) is 6.19. The van der Waals surface area contributed by atoms with Crippen molar-refractivity contribution in [3.63, 3.8) is 0 Å². The summed E-state index contributed by atoms with van der Waals surface area (Å²) in [5.74, 6) is 0.975. The molecule has 0 saturated heterocycles. The number of H-pyrrole nitrogens is 1. The molecule has 33 heavy (non-hydrogen) atoms. The van der Waals surface area contributed by atoms with E-state index >= 15 is 0 Å². The van der Waals surface area contributed by atoms with Gasteiger partial charge in [-0.25, -0.2) is 4.98 Å². The van der Waals surface area contributed by atoms with Crippen LogP contribution in [0.3, 0.4) is 0 Å². The summed E-state index contributed by atoms with van der Waals surface area (Å²) in [6.45, 7) is 9.86. The number of aromatic nitrogens is 2. The van der Waals surface area contributed by atoms with Gasteiger partial charge in [-0.2, -0.15) is 0 Å². The Morgan fingerprint density at radius 1 is 1.21 bits per heavy atom. The van der Waals surface area contributed by atoms with E-state index in [9.17, 15) is 4.79 Å². The number of hydrogen-bond acceptors (Lipinski definition) is 3. The average Bonchev–Trinajstić information content (AvgIpc) is 3.31. The number of aryl methyl sites for hydroxylation is 2. The smallest absolute Gasteiger partial charge is 0.251 e. The van der Waals surface area contributed by atoms with Gasteiger partial charge in [-0.05, 0) is 92.1 Å². The summed E-state index contributed by atoms with van der Waals surface area (Å²) in [7, 11) is 1.65. The zero-order chi connectivity index (χ0) is 23.8. The van der Waals surface area contributed by atoms with Gasteiger partial charge in [0, 0.05) is 36.4 Å². The highest BCUT2D eigenvalue weighted by atomic mass is 35.5. The topological polar surface area (TPSA) is 67.0 Å². The van der Waals surface area contributed by atoms with Crippen LogP contribution in [-0.2, 0) is 11.2 Å². The molecule has 0 saturated carbocycles. The summed E-state index contributed by atoms with van der Waals surface area (Å²) in [4.78, 5) is 19.9. The number of halogens is 1. The van der Waals surface area contributed by atoms with Gasteiger partial charge in [0.1, 0.15) is 5.82 Å². The maximum absolute atomic E-state index is 11.9. The molecule has 174 valence electrons. The van der Waals surface area contributed by atoms with Crippen LogP contribution in [0.1, 0.15) is 46.9 Å². The predicted octanol–water partition coefficient (Wildman–Crippen LogP) is 6.09. The van der Waals surface area contributed by atoms with Crippen LogP contribution in [0.25, 0.3) is 17.0 Å². The number of hydrogen-bond donors (Lipinski definition) is 2. The average molecular weight is 466 g/mol. The van der Waals surface area contributed by atoms with Crippen LogP contribution >= 0.6 is 11.6 Å². The first-order chi connectivity index (χ1) is 15.9. The molecule has 0 bridgehead atoms. The molecule has 1 aromatic heterocycles. The zero-order valence-corrected chi connectivity index (χ0v) is 20.3. The quantitative estimate of drug-likeness (QED) is 0.337. The number of aromatic amines is 1. The maximum atomic E-state index is 11.9. The van der Waals surface area contributed by atoms with Crippen molar-refractivity contribution in [2.45, 2.75) is 33.1 Å². The number of imidazole rings is 1. The Labute approximate surface area is 201 Å². The van der Waals surface area contributed by atoms with E-state index < -0.39 is 0 Å². The SMILES string of the molecule is C=C(c1cnc(-c2ccc(Cl)cc2)[nH]1)C(CCOCC)CCc1ccc(C(=O)NC)cc1C. The second kappa shape index (κ2) is 11.8. The number of rotatable bonds is 11. The van der Waals surface area contributed by atoms with E-state index in [1.807, 2.05) is 49.5 Å². The fourth-order valence-electron chi connectivity index (χ4n) is 3.91. The Hall–Kier alpha value is -2.89. The molecule has 2 aromatic carbocycles. The molecule has 1 amide bonds. The van der Waals surface area contributed by atoms with Crippen LogP contribution in [0.2, 0.25) is 5.02 Å². The summed E-state index contributed by atoms with van der Waals surface area (Å²) < 4.78 is 5.64. The van der Waals surface area contributed by atoms with E-state index in [0.29, 0.717) is 23.8 Å². The molecule has 5 nitrogen and oxygen atoms in total. The molecular formula is C27H32ClN3O2. The molecule has 1 heterocycles. The fraction of sp³-hybridized carbons (Fsp3) is 0.333. The number of ether oxygens (including phenoxy) is 1. The van der Waals surface area contributed by atoms with E-state index in [4.69, 9.17) is 16.3 Å². The molecule has 3 aromatic rings. The van der Waals surface area contributed by atoms with Crippen LogP contribution in [0.15, 0.2) is 55.2 Å². The monoisotopic (exact) mass is 465 g/mol. The second-order valence-corrected chi connectivity index (χ2v) is 8.56. The number of nitrogens with one attached hydrogen (secondary N) is 2. The minimum atomic E-state index is -0.0663. The number of carbonyl (C=O) groups is 1. The summed E-state index contributed by atoms with van der Waals surface area (Å²) >= 11 is 6.01. The third-order valence-electron chi connectivity index (χ3n) is 5.94. The first-order valence-corrected chi connectivity index (χ1v) is 11.7. The van der Waals surface area contributed by atoms with E-state index in [-0.39, 0.29) is 11.8 Å². The third kappa shape index (κ3) is 6.56. The molecule has 3 rings (SSSR count). The summed E-state index contributed by atoms with van der Waals surface area (Å²) in [5, 5.41) is 3.37. The number of amides is 1. The Morgan fingerprint density at radius 2 is 1.97 bits per heavy atom. The van der Waals surface area contributed by atoms with E-state index in [0.717, 1.165) is 47.5 Å². The molecular weight excluding hydrogens is 434 g/mol. The first kappa shape index (κ1) is 24.7. The Morgan fingerprint density at radius 3 is 2.64 bits per heavy atom. The largest absolute Gasteiger partial charge is 0.382 e. The lowest BCUT2D eigenvalue weighted by Crippen LogP contribution is -2.18. The van der Waals surface area contributed by atoms with Gasteiger partial charge in [0.05, 0.1) is 11.9 Å². The minimum Gasteiger partial charge on any atom is -0.382 e. The van der Waals surface area contributed by atoms with Crippen molar-refractivity contribution in [2.24, 2.45) is 5.92 Å². The summed E-state index contributed by atoms with van der Waals surface area (Å²) in [5.41, 5.74) is 6.00. The normalized spacial score (nSPS) is 11.9. The highest BCUT2D eigenvalue weighted by Gasteiger charge is 2.18.